The van der Waals surface area contributed by atoms with Crippen LogP contribution in [0.1, 0.15) is 13.8 Å². The number of benzene rings is 2. The largest absolute Gasteiger partial charge is 0.329 e. The Morgan fingerprint density at radius 3 is 2.28 bits per heavy atom. The molecule has 96 valence electrons. The molecule has 0 spiro atoms. The van der Waals surface area contributed by atoms with Crippen molar-refractivity contribution in [2.45, 2.75) is 23.5 Å². The molecule has 0 fully saturated rings. The van der Waals surface area contributed by atoms with E-state index in [9.17, 15) is 8.42 Å². The molecule has 0 amide bonds. The summed E-state index contributed by atoms with van der Waals surface area (Å²) in [5, 5.41) is 1.95. The summed E-state index contributed by atoms with van der Waals surface area (Å²) in [6.45, 7) is 3.40. The fourth-order valence-corrected chi connectivity index (χ4v) is 3.15. The lowest BCUT2D eigenvalue weighted by Gasteiger charge is -2.22. The Morgan fingerprint density at radius 2 is 1.67 bits per heavy atom. The summed E-state index contributed by atoms with van der Waals surface area (Å²) in [4.78, 5) is 0.330. The van der Waals surface area contributed by atoms with Gasteiger partial charge in [0.05, 0.1) is 9.64 Å². The van der Waals surface area contributed by atoms with E-state index in [4.69, 9.17) is 5.73 Å². The normalized spacial score (nSPS) is 12.8. The Balaban J connectivity index is 2.62. The Bertz CT molecular complexity index is 675. The van der Waals surface area contributed by atoms with Crippen molar-refractivity contribution in [3.8, 4) is 0 Å². The third-order valence-electron chi connectivity index (χ3n) is 3.25. The van der Waals surface area contributed by atoms with Crippen LogP contribution in [0.5, 0.6) is 0 Å². The van der Waals surface area contributed by atoms with Crippen LogP contribution in [0.3, 0.4) is 0 Å². The van der Waals surface area contributed by atoms with Crippen molar-refractivity contribution in [3.63, 3.8) is 0 Å². The van der Waals surface area contributed by atoms with E-state index in [1.54, 1.807) is 26.0 Å². The van der Waals surface area contributed by atoms with Crippen LogP contribution in [0.15, 0.2) is 47.4 Å². The van der Waals surface area contributed by atoms with Crippen LogP contribution in [0.4, 0.5) is 0 Å². The molecular formula is C14H17NO2S. The molecule has 2 aromatic carbocycles. The minimum absolute atomic E-state index is 0.0994. The van der Waals surface area contributed by atoms with Crippen molar-refractivity contribution in [1.29, 1.82) is 0 Å². The third-order valence-corrected chi connectivity index (χ3v) is 5.75. The van der Waals surface area contributed by atoms with Gasteiger partial charge in [0.1, 0.15) is 0 Å². The summed E-state index contributed by atoms with van der Waals surface area (Å²) < 4.78 is 23.9. The number of sulfone groups is 1. The third kappa shape index (κ3) is 2.02. The first-order chi connectivity index (χ1) is 8.38. The van der Waals surface area contributed by atoms with Crippen LogP contribution in [-0.2, 0) is 9.84 Å². The fourth-order valence-electron chi connectivity index (χ4n) is 1.76. The van der Waals surface area contributed by atoms with Gasteiger partial charge >= 0.3 is 0 Å². The number of rotatable bonds is 3. The van der Waals surface area contributed by atoms with Gasteiger partial charge in [-0.1, -0.05) is 30.3 Å². The maximum atomic E-state index is 12.4. The molecule has 3 nitrogen and oxygen atoms in total. The zero-order valence-electron chi connectivity index (χ0n) is 10.6. The maximum Gasteiger partial charge on any atom is 0.184 e. The predicted molar refractivity (Wildman–Crippen MR) is 74.3 cm³/mol. The number of hydrogen-bond acceptors (Lipinski definition) is 3. The highest BCUT2D eigenvalue weighted by Gasteiger charge is 2.34. The number of fused-ring (bicyclic) bond motifs is 1. The van der Waals surface area contributed by atoms with Crippen molar-refractivity contribution in [3.05, 3.63) is 42.5 Å². The van der Waals surface area contributed by atoms with Crippen LogP contribution in [0.25, 0.3) is 10.8 Å². The van der Waals surface area contributed by atoms with Gasteiger partial charge in [0, 0.05) is 6.54 Å². The molecule has 0 radical (unpaired) electrons. The first-order valence-electron chi connectivity index (χ1n) is 5.82. The van der Waals surface area contributed by atoms with Crippen LogP contribution in [0.2, 0.25) is 0 Å². The van der Waals surface area contributed by atoms with Gasteiger partial charge in [-0.3, -0.25) is 0 Å². The molecule has 0 unspecified atom stereocenters. The molecule has 0 aliphatic rings. The average molecular weight is 263 g/mol. The molecule has 0 saturated heterocycles. The van der Waals surface area contributed by atoms with Gasteiger partial charge in [-0.25, -0.2) is 8.42 Å². The fraction of sp³-hybridized carbons (Fsp3) is 0.286. The molecule has 4 heteroatoms. The molecule has 0 aromatic heterocycles. The second-order valence-corrected chi connectivity index (χ2v) is 7.56. The van der Waals surface area contributed by atoms with E-state index in [-0.39, 0.29) is 6.54 Å². The number of nitrogens with two attached hydrogens (primary N) is 1. The Hall–Kier alpha value is -1.39. The highest BCUT2D eigenvalue weighted by Crippen LogP contribution is 2.27. The van der Waals surface area contributed by atoms with Gasteiger partial charge in [-0.05, 0) is 36.8 Å². The lowest BCUT2D eigenvalue weighted by molar-refractivity contribution is 0.549. The molecule has 0 aliphatic carbocycles. The van der Waals surface area contributed by atoms with E-state index in [0.29, 0.717) is 4.90 Å². The van der Waals surface area contributed by atoms with E-state index in [1.807, 2.05) is 30.3 Å². The lowest BCUT2D eigenvalue weighted by atomic mass is 10.1. The van der Waals surface area contributed by atoms with Gasteiger partial charge in [0.2, 0.25) is 0 Å². The summed E-state index contributed by atoms with van der Waals surface area (Å²) >= 11 is 0. The van der Waals surface area contributed by atoms with Crippen LogP contribution in [0, 0.1) is 0 Å². The van der Waals surface area contributed by atoms with Gasteiger partial charge in [0.15, 0.2) is 9.84 Å². The van der Waals surface area contributed by atoms with E-state index in [1.165, 1.54) is 0 Å². The second kappa shape index (κ2) is 4.37. The van der Waals surface area contributed by atoms with Crippen molar-refractivity contribution < 1.29 is 8.42 Å². The van der Waals surface area contributed by atoms with Crippen LogP contribution in [-0.4, -0.2) is 19.7 Å². The molecule has 0 atom stereocenters. The van der Waals surface area contributed by atoms with E-state index >= 15 is 0 Å². The highest BCUT2D eigenvalue weighted by molar-refractivity contribution is 7.92. The van der Waals surface area contributed by atoms with Crippen molar-refractivity contribution >= 4 is 20.6 Å². The molecule has 0 aliphatic heterocycles. The predicted octanol–water partition coefficient (Wildman–Crippen LogP) is 2.35. The van der Waals surface area contributed by atoms with E-state index in [0.717, 1.165) is 10.8 Å². The smallest absolute Gasteiger partial charge is 0.184 e. The monoisotopic (exact) mass is 263 g/mol. The number of hydrogen-bond donors (Lipinski definition) is 1. The first-order valence-corrected chi connectivity index (χ1v) is 7.30. The van der Waals surface area contributed by atoms with E-state index < -0.39 is 14.6 Å². The maximum absolute atomic E-state index is 12.4. The standard InChI is InChI=1S/C14H17NO2S/c1-14(2,10-15)18(16,17)13-8-7-11-5-3-4-6-12(11)9-13/h3-9H,10,15H2,1-2H3. The minimum Gasteiger partial charge on any atom is -0.329 e. The van der Waals surface area contributed by atoms with Gasteiger partial charge in [-0.15, -0.1) is 0 Å². The molecule has 0 saturated carbocycles. The SMILES string of the molecule is CC(C)(CN)S(=O)(=O)c1ccc2ccccc2c1. The lowest BCUT2D eigenvalue weighted by Crippen LogP contribution is -2.39. The van der Waals surface area contributed by atoms with Crippen molar-refractivity contribution in [2.75, 3.05) is 6.54 Å². The second-order valence-electron chi connectivity index (χ2n) is 4.98. The van der Waals surface area contributed by atoms with Crippen LogP contribution >= 0.6 is 0 Å². The quantitative estimate of drug-likeness (QED) is 0.924. The first kappa shape index (κ1) is 13.1. The highest BCUT2D eigenvalue weighted by atomic mass is 32.2. The Morgan fingerprint density at radius 1 is 1.06 bits per heavy atom. The zero-order valence-corrected chi connectivity index (χ0v) is 11.4. The minimum atomic E-state index is -3.41. The molecule has 18 heavy (non-hydrogen) atoms. The van der Waals surface area contributed by atoms with Crippen LogP contribution < -0.4 is 5.73 Å². The van der Waals surface area contributed by atoms with E-state index in [2.05, 4.69) is 0 Å². The summed E-state index contributed by atoms with van der Waals surface area (Å²) in [5.74, 6) is 0. The topological polar surface area (TPSA) is 60.2 Å². The molecule has 2 N–H and O–H groups in total. The molecule has 0 bridgehead atoms. The summed E-state index contributed by atoms with van der Waals surface area (Å²) in [7, 11) is -3.41. The summed E-state index contributed by atoms with van der Waals surface area (Å²) in [6, 6.07) is 12.9. The Kier molecular flexibility index (Phi) is 3.17. The van der Waals surface area contributed by atoms with Gasteiger partial charge < -0.3 is 5.73 Å². The van der Waals surface area contributed by atoms with Gasteiger partial charge in [-0.2, -0.15) is 0 Å². The summed E-state index contributed by atoms with van der Waals surface area (Å²) in [6.07, 6.45) is 0. The van der Waals surface area contributed by atoms with Crippen molar-refractivity contribution in [2.24, 2.45) is 5.73 Å². The summed E-state index contributed by atoms with van der Waals surface area (Å²) in [5.41, 5.74) is 5.56. The molecule has 2 rings (SSSR count). The van der Waals surface area contributed by atoms with Gasteiger partial charge in [0.25, 0.3) is 0 Å². The zero-order chi connectivity index (χ0) is 13.4. The molecule has 2 aromatic rings. The molecule has 0 heterocycles. The molecular weight excluding hydrogens is 246 g/mol. The average Bonchev–Trinajstić information content (AvgIpc) is 2.37. The van der Waals surface area contributed by atoms with Crippen molar-refractivity contribution in [1.82, 2.24) is 0 Å². The Labute approximate surface area is 108 Å².